The molecule has 18 heavy (non-hydrogen) atoms. The van der Waals surface area contributed by atoms with E-state index in [0.29, 0.717) is 5.69 Å². The number of methoxy groups -OCH3 is 1. The molecule has 0 aliphatic rings. The van der Waals surface area contributed by atoms with E-state index in [9.17, 15) is 13.6 Å². The van der Waals surface area contributed by atoms with Gasteiger partial charge in [-0.1, -0.05) is 0 Å². The van der Waals surface area contributed by atoms with Gasteiger partial charge in [0.25, 0.3) is 0 Å². The SMILES string of the molecule is COCC(Nc1ccc(OC(F)F)cc1)C(=O)O. The summed E-state index contributed by atoms with van der Waals surface area (Å²) in [6.45, 7) is -2.89. The number of benzene rings is 1. The minimum absolute atomic E-state index is 0.00849. The molecule has 0 aliphatic heterocycles. The fourth-order valence-electron chi connectivity index (χ4n) is 1.28. The molecule has 0 bridgehead atoms. The van der Waals surface area contributed by atoms with Gasteiger partial charge in [0.05, 0.1) is 6.61 Å². The maximum absolute atomic E-state index is 11.9. The third-order valence-corrected chi connectivity index (χ3v) is 2.05. The smallest absolute Gasteiger partial charge is 0.387 e. The Hall–Kier alpha value is -1.89. The summed E-state index contributed by atoms with van der Waals surface area (Å²) in [4.78, 5) is 10.8. The van der Waals surface area contributed by atoms with E-state index in [1.807, 2.05) is 0 Å². The van der Waals surface area contributed by atoms with Gasteiger partial charge < -0.3 is 19.9 Å². The molecule has 1 rings (SSSR count). The van der Waals surface area contributed by atoms with Gasteiger partial charge in [0, 0.05) is 12.8 Å². The molecular formula is C11H13F2NO4. The van der Waals surface area contributed by atoms with Gasteiger partial charge in [-0.15, -0.1) is 0 Å². The highest BCUT2D eigenvalue weighted by Crippen LogP contribution is 2.18. The first-order valence-corrected chi connectivity index (χ1v) is 5.06. The highest BCUT2D eigenvalue weighted by molar-refractivity contribution is 5.77. The van der Waals surface area contributed by atoms with E-state index in [-0.39, 0.29) is 12.4 Å². The molecule has 7 heteroatoms. The van der Waals surface area contributed by atoms with Crippen molar-refractivity contribution in [3.63, 3.8) is 0 Å². The van der Waals surface area contributed by atoms with Crippen LogP contribution < -0.4 is 10.1 Å². The first kappa shape index (κ1) is 14.2. The third kappa shape index (κ3) is 4.54. The molecule has 0 aliphatic carbocycles. The van der Waals surface area contributed by atoms with Crippen LogP contribution in [0.4, 0.5) is 14.5 Å². The number of ether oxygens (including phenoxy) is 2. The van der Waals surface area contributed by atoms with Gasteiger partial charge in [-0.05, 0) is 24.3 Å². The van der Waals surface area contributed by atoms with Crippen molar-refractivity contribution >= 4 is 11.7 Å². The monoisotopic (exact) mass is 261 g/mol. The van der Waals surface area contributed by atoms with E-state index in [1.54, 1.807) is 0 Å². The van der Waals surface area contributed by atoms with Gasteiger partial charge in [0.15, 0.2) is 0 Å². The number of carboxylic acid groups (broad SMARTS) is 1. The fraction of sp³-hybridized carbons (Fsp3) is 0.364. The largest absolute Gasteiger partial charge is 0.480 e. The van der Waals surface area contributed by atoms with Gasteiger partial charge in [-0.3, -0.25) is 0 Å². The molecule has 0 saturated carbocycles. The van der Waals surface area contributed by atoms with E-state index in [4.69, 9.17) is 9.84 Å². The Labute approximate surface area is 102 Å². The second-order valence-corrected chi connectivity index (χ2v) is 3.39. The van der Waals surface area contributed by atoms with Gasteiger partial charge in [-0.2, -0.15) is 8.78 Å². The molecule has 0 aromatic heterocycles. The fourth-order valence-corrected chi connectivity index (χ4v) is 1.28. The molecule has 0 radical (unpaired) electrons. The lowest BCUT2D eigenvalue weighted by Crippen LogP contribution is -2.33. The number of aliphatic carboxylic acids is 1. The summed E-state index contributed by atoms with van der Waals surface area (Å²) in [5, 5.41) is 11.6. The molecule has 0 saturated heterocycles. The zero-order chi connectivity index (χ0) is 13.5. The van der Waals surface area contributed by atoms with Crippen LogP contribution in [0.2, 0.25) is 0 Å². The highest BCUT2D eigenvalue weighted by atomic mass is 19.3. The summed E-state index contributed by atoms with van der Waals surface area (Å²) in [5.41, 5.74) is 0.473. The number of anilines is 1. The lowest BCUT2D eigenvalue weighted by atomic mass is 10.2. The van der Waals surface area contributed by atoms with Crippen molar-refractivity contribution < 1.29 is 28.2 Å². The number of nitrogens with one attached hydrogen (secondary N) is 1. The van der Waals surface area contributed by atoms with E-state index in [2.05, 4.69) is 10.1 Å². The van der Waals surface area contributed by atoms with Crippen molar-refractivity contribution in [2.45, 2.75) is 12.7 Å². The number of carboxylic acids is 1. The van der Waals surface area contributed by atoms with E-state index >= 15 is 0 Å². The lowest BCUT2D eigenvalue weighted by molar-refractivity contribution is -0.139. The van der Waals surface area contributed by atoms with Crippen LogP contribution in [-0.2, 0) is 9.53 Å². The van der Waals surface area contributed by atoms with Gasteiger partial charge in [0.1, 0.15) is 11.8 Å². The van der Waals surface area contributed by atoms with Gasteiger partial charge in [0.2, 0.25) is 0 Å². The second-order valence-electron chi connectivity index (χ2n) is 3.39. The van der Waals surface area contributed by atoms with Crippen LogP contribution in [-0.4, -0.2) is 37.4 Å². The van der Waals surface area contributed by atoms with Crippen LogP contribution in [0.15, 0.2) is 24.3 Å². The van der Waals surface area contributed by atoms with Crippen molar-refractivity contribution in [2.24, 2.45) is 0 Å². The first-order valence-electron chi connectivity index (χ1n) is 5.06. The summed E-state index contributed by atoms with van der Waals surface area (Å²) >= 11 is 0. The number of halogens is 2. The minimum atomic E-state index is -2.89. The van der Waals surface area contributed by atoms with E-state index in [1.165, 1.54) is 31.4 Å². The zero-order valence-electron chi connectivity index (χ0n) is 9.60. The predicted molar refractivity (Wildman–Crippen MR) is 60.0 cm³/mol. The molecule has 1 aromatic carbocycles. The quantitative estimate of drug-likeness (QED) is 0.783. The molecule has 1 unspecified atom stereocenters. The Morgan fingerprint density at radius 1 is 1.39 bits per heavy atom. The lowest BCUT2D eigenvalue weighted by Gasteiger charge is -2.15. The Kier molecular flexibility index (Phi) is 5.31. The summed E-state index contributed by atoms with van der Waals surface area (Å²) in [6.07, 6.45) is 0. The van der Waals surface area contributed by atoms with Crippen LogP contribution in [0.25, 0.3) is 0 Å². The van der Waals surface area contributed by atoms with Crippen LogP contribution >= 0.6 is 0 Å². The Balaban J connectivity index is 2.64. The normalized spacial score (nSPS) is 12.2. The summed E-state index contributed by atoms with van der Waals surface area (Å²) in [7, 11) is 1.39. The van der Waals surface area contributed by atoms with E-state index < -0.39 is 18.6 Å². The molecule has 1 aromatic rings. The molecule has 0 heterocycles. The molecule has 5 nitrogen and oxygen atoms in total. The predicted octanol–water partition coefficient (Wildman–Crippen LogP) is 1.80. The number of carbonyl (C=O) groups is 1. The molecule has 0 fully saturated rings. The average molecular weight is 261 g/mol. The van der Waals surface area contributed by atoms with Crippen LogP contribution in [0.5, 0.6) is 5.75 Å². The number of hydrogen-bond acceptors (Lipinski definition) is 4. The van der Waals surface area contributed by atoms with Crippen LogP contribution in [0.3, 0.4) is 0 Å². The summed E-state index contributed by atoms with van der Waals surface area (Å²) in [5.74, 6) is -1.06. The van der Waals surface area contributed by atoms with Crippen LogP contribution in [0, 0.1) is 0 Å². The van der Waals surface area contributed by atoms with Crippen LogP contribution in [0.1, 0.15) is 0 Å². The van der Waals surface area contributed by atoms with Crippen molar-refractivity contribution in [3.05, 3.63) is 24.3 Å². The second kappa shape index (κ2) is 6.75. The first-order chi connectivity index (χ1) is 8.52. The Morgan fingerprint density at radius 3 is 2.44 bits per heavy atom. The molecule has 2 N–H and O–H groups in total. The standard InChI is InChI=1S/C11H13F2NO4/c1-17-6-9(10(15)16)14-7-2-4-8(5-3-7)18-11(12)13/h2-5,9,11,14H,6H2,1H3,(H,15,16). The van der Waals surface area contributed by atoms with E-state index in [0.717, 1.165) is 0 Å². The number of rotatable bonds is 7. The van der Waals surface area contributed by atoms with Gasteiger partial charge in [-0.25, -0.2) is 4.79 Å². The Bertz CT molecular complexity index is 383. The number of alkyl halides is 2. The third-order valence-electron chi connectivity index (χ3n) is 2.05. The van der Waals surface area contributed by atoms with Crippen molar-refractivity contribution in [1.29, 1.82) is 0 Å². The number of hydrogen-bond donors (Lipinski definition) is 2. The molecule has 0 amide bonds. The van der Waals surface area contributed by atoms with Gasteiger partial charge >= 0.3 is 12.6 Å². The van der Waals surface area contributed by atoms with Crippen molar-refractivity contribution in [2.75, 3.05) is 19.0 Å². The summed E-state index contributed by atoms with van der Waals surface area (Å²) < 4.78 is 32.7. The molecule has 0 spiro atoms. The highest BCUT2D eigenvalue weighted by Gasteiger charge is 2.16. The maximum atomic E-state index is 11.9. The summed E-state index contributed by atoms with van der Waals surface area (Å²) in [6, 6.07) is 4.63. The average Bonchev–Trinajstić information content (AvgIpc) is 2.30. The maximum Gasteiger partial charge on any atom is 0.387 e. The Morgan fingerprint density at radius 2 is 2.00 bits per heavy atom. The minimum Gasteiger partial charge on any atom is -0.480 e. The molecule has 100 valence electrons. The molecular weight excluding hydrogens is 248 g/mol. The molecule has 1 atom stereocenters. The topological polar surface area (TPSA) is 67.8 Å². The van der Waals surface area contributed by atoms with Crippen molar-refractivity contribution in [3.8, 4) is 5.75 Å². The zero-order valence-corrected chi connectivity index (χ0v) is 9.60. The van der Waals surface area contributed by atoms with Crippen molar-refractivity contribution in [1.82, 2.24) is 0 Å².